The summed E-state index contributed by atoms with van der Waals surface area (Å²) in [6, 6.07) is 12.7. The molecule has 2 aromatic rings. The number of anilines is 1. The first-order valence-electron chi connectivity index (χ1n) is 10.2. The van der Waals surface area contributed by atoms with Crippen molar-refractivity contribution in [3.05, 3.63) is 70.8 Å². The lowest BCUT2D eigenvalue weighted by molar-refractivity contribution is -0.142. The summed E-state index contributed by atoms with van der Waals surface area (Å²) in [5.41, 5.74) is 3.03. The molecule has 0 aromatic heterocycles. The Morgan fingerprint density at radius 1 is 1.26 bits per heavy atom. The van der Waals surface area contributed by atoms with Crippen LogP contribution in [0.2, 0.25) is 0 Å². The zero-order chi connectivity index (χ0) is 23.0. The van der Waals surface area contributed by atoms with E-state index in [2.05, 4.69) is 18.0 Å². The van der Waals surface area contributed by atoms with E-state index in [1.807, 2.05) is 26.0 Å². The second-order valence-corrected chi connectivity index (χ2v) is 7.70. The lowest BCUT2D eigenvalue weighted by Gasteiger charge is -2.31. The standard InChI is InChI=1S/C25H30N2O4/c1-6-18-14-20(13-17(2)3)23(31-12-11-30-5)22(15-18)25(4,24(28)29)27-21-9-7-19(16-26)8-10-21/h7-10,14-15,27H,2,6,11-13H2,1,3-5H3,(H,28,29). The molecule has 2 N–H and O–H groups in total. The van der Waals surface area contributed by atoms with Gasteiger partial charge in [-0.05, 0) is 68.1 Å². The number of carboxylic acids is 1. The molecule has 0 aliphatic rings. The monoisotopic (exact) mass is 422 g/mol. The number of ether oxygens (including phenoxy) is 2. The number of nitrogens with one attached hydrogen (secondary N) is 1. The molecule has 0 saturated heterocycles. The van der Waals surface area contributed by atoms with Gasteiger partial charge in [-0.25, -0.2) is 4.79 Å². The number of carboxylic acid groups (broad SMARTS) is 1. The van der Waals surface area contributed by atoms with Gasteiger partial charge in [-0.2, -0.15) is 5.26 Å². The van der Waals surface area contributed by atoms with Gasteiger partial charge in [-0.15, -0.1) is 0 Å². The molecular weight excluding hydrogens is 392 g/mol. The van der Waals surface area contributed by atoms with Crippen LogP contribution >= 0.6 is 0 Å². The van der Waals surface area contributed by atoms with Crippen molar-refractivity contribution in [3.63, 3.8) is 0 Å². The molecule has 0 radical (unpaired) electrons. The molecule has 0 spiro atoms. The van der Waals surface area contributed by atoms with E-state index in [1.54, 1.807) is 38.3 Å². The third-order valence-corrected chi connectivity index (χ3v) is 5.03. The molecule has 0 heterocycles. The number of aryl methyl sites for hydroxylation is 1. The van der Waals surface area contributed by atoms with Gasteiger partial charge in [0.15, 0.2) is 5.54 Å². The van der Waals surface area contributed by atoms with Gasteiger partial charge in [0, 0.05) is 18.4 Å². The van der Waals surface area contributed by atoms with E-state index in [4.69, 9.17) is 14.7 Å². The number of aliphatic carboxylic acids is 1. The first-order valence-corrected chi connectivity index (χ1v) is 10.2. The van der Waals surface area contributed by atoms with Crippen LogP contribution in [-0.4, -0.2) is 31.4 Å². The lowest BCUT2D eigenvalue weighted by Crippen LogP contribution is -2.41. The summed E-state index contributed by atoms with van der Waals surface area (Å²) in [5, 5.41) is 22.4. The molecule has 0 amide bonds. The second kappa shape index (κ2) is 10.6. The van der Waals surface area contributed by atoms with Crippen molar-refractivity contribution in [2.75, 3.05) is 25.6 Å². The Kier molecular flexibility index (Phi) is 8.23. The molecule has 31 heavy (non-hydrogen) atoms. The number of methoxy groups -OCH3 is 1. The Hall–Kier alpha value is -3.30. The number of allylic oxidation sites excluding steroid dienone is 1. The average molecular weight is 423 g/mol. The van der Waals surface area contributed by atoms with Crippen LogP contribution in [0.5, 0.6) is 5.75 Å². The minimum absolute atomic E-state index is 0.296. The van der Waals surface area contributed by atoms with E-state index in [0.29, 0.717) is 42.2 Å². The highest BCUT2D eigenvalue weighted by Gasteiger charge is 2.39. The van der Waals surface area contributed by atoms with Crippen molar-refractivity contribution < 1.29 is 19.4 Å². The molecule has 2 aromatic carbocycles. The largest absolute Gasteiger partial charge is 0.490 e. The van der Waals surface area contributed by atoms with Crippen molar-refractivity contribution >= 4 is 11.7 Å². The quantitative estimate of drug-likeness (QED) is 0.404. The van der Waals surface area contributed by atoms with Gasteiger partial charge in [0.2, 0.25) is 0 Å². The summed E-state index contributed by atoms with van der Waals surface area (Å²) in [7, 11) is 1.59. The van der Waals surface area contributed by atoms with E-state index in [1.165, 1.54) is 0 Å². The van der Waals surface area contributed by atoms with Crippen LogP contribution in [0.15, 0.2) is 48.6 Å². The van der Waals surface area contributed by atoms with Crippen LogP contribution in [0.4, 0.5) is 5.69 Å². The Balaban J connectivity index is 2.65. The number of rotatable bonds is 11. The smallest absolute Gasteiger partial charge is 0.333 e. The summed E-state index contributed by atoms with van der Waals surface area (Å²) in [4.78, 5) is 12.6. The molecule has 6 heteroatoms. The van der Waals surface area contributed by atoms with Crippen LogP contribution in [0.1, 0.15) is 43.0 Å². The molecule has 0 bridgehead atoms. The Morgan fingerprint density at radius 3 is 2.45 bits per heavy atom. The summed E-state index contributed by atoms with van der Waals surface area (Å²) in [6.07, 6.45) is 1.33. The zero-order valence-electron chi connectivity index (χ0n) is 18.6. The van der Waals surface area contributed by atoms with Gasteiger partial charge < -0.3 is 19.9 Å². The first kappa shape index (κ1) is 24.0. The predicted octanol–water partition coefficient (Wildman–Crippen LogP) is 4.68. The van der Waals surface area contributed by atoms with Crippen LogP contribution in [0.25, 0.3) is 0 Å². The van der Waals surface area contributed by atoms with Gasteiger partial charge >= 0.3 is 5.97 Å². The summed E-state index contributed by atoms with van der Waals surface area (Å²) >= 11 is 0. The molecule has 2 rings (SSSR count). The van der Waals surface area contributed by atoms with Crippen LogP contribution in [0.3, 0.4) is 0 Å². The van der Waals surface area contributed by atoms with Crippen LogP contribution in [0, 0.1) is 11.3 Å². The van der Waals surface area contributed by atoms with Crippen LogP contribution in [-0.2, 0) is 27.9 Å². The summed E-state index contributed by atoms with van der Waals surface area (Å²) < 4.78 is 11.2. The number of nitriles is 1. The van der Waals surface area contributed by atoms with E-state index in [-0.39, 0.29) is 0 Å². The van der Waals surface area contributed by atoms with Crippen molar-refractivity contribution in [2.24, 2.45) is 0 Å². The second-order valence-electron chi connectivity index (χ2n) is 7.70. The number of hydrogen-bond acceptors (Lipinski definition) is 5. The van der Waals surface area contributed by atoms with Gasteiger partial charge in [-0.1, -0.05) is 25.1 Å². The maximum absolute atomic E-state index is 12.6. The fourth-order valence-corrected chi connectivity index (χ4v) is 3.34. The van der Waals surface area contributed by atoms with E-state index in [9.17, 15) is 9.90 Å². The Bertz CT molecular complexity index is 976. The Labute approximate surface area is 184 Å². The van der Waals surface area contributed by atoms with Crippen molar-refractivity contribution in [3.8, 4) is 11.8 Å². The fourth-order valence-electron chi connectivity index (χ4n) is 3.34. The van der Waals surface area contributed by atoms with E-state index >= 15 is 0 Å². The van der Waals surface area contributed by atoms with Gasteiger partial charge in [-0.3, -0.25) is 0 Å². The number of benzene rings is 2. The maximum Gasteiger partial charge on any atom is 0.333 e. The number of nitrogens with zero attached hydrogens (tertiary/aromatic N) is 1. The van der Waals surface area contributed by atoms with Crippen molar-refractivity contribution in [1.29, 1.82) is 5.26 Å². The van der Waals surface area contributed by atoms with Crippen molar-refractivity contribution in [2.45, 2.75) is 39.2 Å². The first-order chi connectivity index (χ1) is 14.7. The van der Waals surface area contributed by atoms with Crippen molar-refractivity contribution in [1.82, 2.24) is 0 Å². The molecule has 6 nitrogen and oxygen atoms in total. The third-order valence-electron chi connectivity index (χ3n) is 5.03. The minimum atomic E-state index is -1.47. The summed E-state index contributed by atoms with van der Waals surface area (Å²) in [5.74, 6) is -0.508. The fraction of sp³-hybridized carbons (Fsp3) is 0.360. The highest BCUT2D eigenvalue weighted by molar-refractivity contribution is 5.85. The molecule has 0 fully saturated rings. The molecule has 0 aliphatic carbocycles. The highest BCUT2D eigenvalue weighted by Crippen LogP contribution is 2.38. The van der Waals surface area contributed by atoms with Gasteiger partial charge in [0.25, 0.3) is 0 Å². The minimum Gasteiger partial charge on any atom is -0.490 e. The lowest BCUT2D eigenvalue weighted by atomic mass is 9.86. The molecule has 0 aliphatic heterocycles. The number of carbonyl (C=O) groups is 1. The SMILES string of the molecule is C=C(C)Cc1cc(CC)cc(C(C)(Nc2ccc(C#N)cc2)C(=O)O)c1OCCOC. The third kappa shape index (κ3) is 5.87. The van der Waals surface area contributed by atoms with Crippen LogP contribution < -0.4 is 10.1 Å². The number of hydrogen-bond donors (Lipinski definition) is 2. The average Bonchev–Trinajstić information content (AvgIpc) is 2.74. The Morgan fingerprint density at radius 2 is 1.94 bits per heavy atom. The molecule has 1 atom stereocenters. The summed E-state index contributed by atoms with van der Waals surface area (Å²) in [6.45, 7) is 10.3. The molecular formula is C25H30N2O4. The zero-order valence-corrected chi connectivity index (χ0v) is 18.6. The molecule has 164 valence electrons. The molecule has 0 saturated carbocycles. The highest BCUT2D eigenvalue weighted by atomic mass is 16.5. The predicted molar refractivity (Wildman–Crippen MR) is 121 cm³/mol. The van der Waals surface area contributed by atoms with Gasteiger partial charge in [0.05, 0.1) is 18.2 Å². The topological polar surface area (TPSA) is 91.6 Å². The van der Waals surface area contributed by atoms with Gasteiger partial charge in [0.1, 0.15) is 12.4 Å². The van der Waals surface area contributed by atoms with E-state index in [0.717, 1.165) is 23.1 Å². The normalized spacial score (nSPS) is 12.5. The maximum atomic E-state index is 12.6. The van der Waals surface area contributed by atoms with E-state index < -0.39 is 11.5 Å². The molecule has 1 unspecified atom stereocenters.